The van der Waals surface area contributed by atoms with Crippen LogP contribution in [0.15, 0.2) is 39.8 Å². The number of hydrogen-bond acceptors (Lipinski definition) is 19. The molecule has 20 N–H and O–H groups in total. The van der Waals surface area contributed by atoms with E-state index in [0.717, 1.165) is 12.0 Å². The number of pyridine rings is 1. The number of aliphatic hydroxyl groups is 2. The minimum Gasteiger partial charge on any atom is -0.480 e. The van der Waals surface area contributed by atoms with Crippen molar-refractivity contribution in [2.24, 2.45) is 61.6 Å². The minimum absolute atomic E-state index is 0.00963. The Balaban J connectivity index is 1.34. The maximum Gasteiger partial charge on any atom is 0.332 e. The Labute approximate surface area is 472 Å². The van der Waals surface area contributed by atoms with E-state index >= 15 is 24.0 Å². The van der Waals surface area contributed by atoms with E-state index in [2.05, 4.69) is 41.6 Å². The van der Waals surface area contributed by atoms with E-state index in [4.69, 9.17) is 34.4 Å². The lowest BCUT2D eigenvalue weighted by Crippen LogP contribution is -2.68. The van der Waals surface area contributed by atoms with E-state index in [9.17, 15) is 34.5 Å². The predicted molar refractivity (Wildman–Crippen MR) is 296 cm³/mol. The molecule has 3 unspecified atom stereocenters. The standard InChI is InChI=1S/C53H77N15O12S/c54-32(12-4-17-61-50(56)57)45(75)65-34(13-5-18-62-51(58)59)48(78)68-20-6-14-37(68)41(72)31-11-3-15-38-52(31,39(71)25-64-47(77)35-22-28(70)24-63-35)43(42(73)40-30-10-2-1-8-27(30)16-19-60-40)53(67-38,49(79)80)44(74)36(26-69)66-46(76)33(55)23-29-9-7-21-81-29/h7,9,16,19,21,28,31-38,43,63,67,69-70H,1-6,8,10-15,17-18,20,22-26,54-55H2,(H,64,77)(H,65,75)(H,66,76)(H,79,80)(H4,56,57,61)(H4,58,59,62)/t28?,31?,32-,33-,34-,35-,36-,37-,38-,43?,52-,53-/m0/s1. The zero-order valence-electron chi connectivity index (χ0n) is 45.2. The van der Waals surface area contributed by atoms with E-state index in [1.165, 1.54) is 22.4 Å². The lowest BCUT2D eigenvalue weighted by molar-refractivity contribution is -0.157. The van der Waals surface area contributed by atoms with Crippen molar-refractivity contribution in [2.45, 2.75) is 150 Å². The first kappa shape index (κ1) is 61.8. The third-order valence-corrected chi connectivity index (χ3v) is 17.4. The summed E-state index contributed by atoms with van der Waals surface area (Å²) >= 11 is 1.31. The second-order valence-electron chi connectivity index (χ2n) is 21.7. The quantitative estimate of drug-likeness (QED) is 0.0133. The molecule has 81 heavy (non-hydrogen) atoms. The van der Waals surface area contributed by atoms with E-state index < -0.39 is 137 Å². The summed E-state index contributed by atoms with van der Waals surface area (Å²) < 4.78 is 0. The number of aliphatic carboxylic acids is 1. The number of nitrogens with one attached hydrogen (secondary N) is 5. The highest BCUT2D eigenvalue weighted by atomic mass is 32.1. The summed E-state index contributed by atoms with van der Waals surface area (Å²) in [7, 11) is 0. The van der Waals surface area contributed by atoms with Gasteiger partial charge in [-0.15, -0.1) is 11.3 Å². The Morgan fingerprint density at radius 3 is 2.21 bits per heavy atom. The highest BCUT2D eigenvalue weighted by Crippen LogP contribution is 2.58. The Hall–Kier alpha value is -6.82. The molecule has 5 heterocycles. The van der Waals surface area contributed by atoms with Crippen LogP contribution in [0.25, 0.3) is 0 Å². The summed E-state index contributed by atoms with van der Waals surface area (Å²) in [4.78, 5) is 150. The van der Waals surface area contributed by atoms with Gasteiger partial charge in [-0.05, 0) is 112 Å². The molecule has 2 aromatic rings. The number of likely N-dealkylation sites (tertiary alicyclic amines) is 1. The summed E-state index contributed by atoms with van der Waals surface area (Å²) in [6, 6.07) is -4.37. The van der Waals surface area contributed by atoms with Crippen molar-refractivity contribution >= 4 is 76.0 Å². The van der Waals surface area contributed by atoms with Crippen LogP contribution in [0, 0.1) is 17.3 Å². The molecule has 0 aromatic carbocycles. The fraction of sp³-hybridized carbons (Fsp3) is 0.623. The third kappa shape index (κ3) is 13.4. The number of carbonyl (C=O) groups excluding carboxylic acids is 8. The molecule has 442 valence electrons. The molecular weight excluding hydrogens is 1070 g/mol. The van der Waals surface area contributed by atoms with Crippen molar-refractivity contribution in [2.75, 3.05) is 39.3 Å². The van der Waals surface area contributed by atoms with Crippen LogP contribution in [0.2, 0.25) is 0 Å². The zero-order chi connectivity index (χ0) is 58.8. The summed E-state index contributed by atoms with van der Waals surface area (Å²) in [5, 5.41) is 48.4. The van der Waals surface area contributed by atoms with Crippen molar-refractivity contribution in [3.63, 3.8) is 0 Å². The number of Topliss-reactive ketones (excluding diaryl/α,β-unsaturated/α-hetero) is 4. The third-order valence-electron chi connectivity index (χ3n) is 16.5. The number of aliphatic hydroxyl groups excluding tert-OH is 2. The minimum atomic E-state index is -3.20. The number of rotatable bonds is 27. The maximum atomic E-state index is 16.3. The van der Waals surface area contributed by atoms with Crippen LogP contribution >= 0.6 is 11.3 Å². The number of guanidine groups is 2. The molecule has 27 nitrogen and oxygen atoms in total. The molecule has 3 saturated heterocycles. The molecule has 28 heteroatoms. The van der Waals surface area contributed by atoms with Crippen molar-refractivity contribution in [3.05, 3.63) is 51.5 Å². The number of aryl methyl sites for hydroxylation is 1. The molecule has 2 aromatic heterocycles. The fourth-order valence-electron chi connectivity index (χ4n) is 12.7. The molecule has 7 rings (SSSR count). The Morgan fingerprint density at radius 1 is 0.864 bits per heavy atom. The number of ketones is 4. The van der Waals surface area contributed by atoms with Gasteiger partial charge in [-0.2, -0.15) is 0 Å². The summed E-state index contributed by atoms with van der Waals surface area (Å²) in [5.74, 6) is -13.7. The SMILES string of the molecule is NC(N)=NCCC[C@H](NC(=O)[C@@H](N)CCCN=C(N)N)C(=O)N1CCC[C@H]1C(=O)C1CCC[C@@H]2N[C@](C(=O)O)(C(=O)[C@H](CO)NC(=O)[C@@H](N)Cc3cccs3)C(C(=O)c3nccc4c3CCCC4)[C@@]12C(=O)CNC(=O)[C@@H]1CC(O)CN1. The van der Waals surface area contributed by atoms with Gasteiger partial charge < -0.3 is 75.9 Å². The first-order chi connectivity index (χ1) is 38.7. The van der Waals surface area contributed by atoms with E-state index in [1.807, 2.05) is 0 Å². The van der Waals surface area contributed by atoms with Gasteiger partial charge in [0.25, 0.3) is 0 Å². The Bertz CT molecular complexity index is 2740. The molecule has 0 radical (unpaired) electrons. The molecule has 4 fully saturated rings. The van der Waals surface area contributed by atoms with Gasteiger partial charge in [-0.25, -0.2) is 4.79 Å². The first-order valence-corrected chi connectivity index (χ1v) is 28.5. The monoisotopic (exact) mass is 1150 g/mol. The lowest BCUT2D eigenvalue weighted by Gasteiger charge is -2.48. The van der Waals surface area contributed by atoms with E-state index in [0.29, 0.717) is 36.1 Å². The number of carboxylic acid groups (broad SMARTS) is 1. The number of aromatic nitrogens is 1. The fourth-order valence-corrected chi connectivity index (χ4v) is 13.5. The van der Waals surface area contributed by atoms with Gasteiger partial charge in [-0.1, -0.05) is 12.5 Å². The number of β-amino-alcohol motifs (C(OH)–C–C–N with tert-alkyl or cyclic N) is 1. The van der Waals surface area contributed by atoms with Gasteiger partial charge in [0.1, 0.15) is 17.8 Å². The molecule has 4 amide bonds. The predicted octanol–water partition coefficient (Wildman–Crippen LogP) is -4.09. The molecule has 0 spiro atoms. The normalized spacial score (nSPS) is 26.3. The van der Waals surface area contributed by atoms with Crippen LogP contribution in [-0.2, 0) is 57.6 Å². The van der Waals surface area contributed by atoms with Crippen molar-refractivity contribution in [3.8, 4) is 0 Å². The summed E-state index contributed by atoms with van der Waals surface area (Å²) in [5.41, 5.74) is 29.8. The number of aliphatic imine (C=N–C) groups is 2. The zero-order valence-corrected chi connectivity index (χ0v) is 46.0. The molecular formula is C53H77N15O12S. The van der Waals surface area contributed by atoms with E-state index in [-0.39, 0.29) is 108 Å². The van der Waals surface area contributed by atoms with Gasteiger partial charge in [0.15, 0.2) is 40.6 Å². The van der Waals surface area contributed by atoms with Crippen molar-refractivity contribution in [1.82, 2.24) is 36.5 Å². The lowest BCUT2D eigenvalue weighted by atomic mass is 9.51. The number of hydrogen-bond donors (Lipinski definition) is 14. The second-order valence-corrected chi connectivity index (χ2v) is 22.7. The van der Waals surface area contributed by atoms with Gasteiger partial charge in [-0.3, -0.25) is 58.6 Å². The van der Waals surface area contributed by atoms with Crippen LogP contribution in [0.4, 0.5) is 0 Å². The number of fused-ring (bicyclic) bond motifs is 2. The maximum absolute atomic E-state index is 16.3. The topological polar surface area (TPSA) is 471 Å². The second kappa shape index (κ2) is 27.3. The Kier molecular flexibility index (Phi) is 20.8. The summed E-state index contributed by atoms with van der Waals surface area (Å²) in [6.45, 7) is -1.80. The van der Waals surface area contributed by atoms with Crippen LogP contribution in [-0.4, -0.2) is 183 Å². The molecule has 1 saturated carbocycles. The Morgan fingerprint density at radius 2 is 1.56 bits per heavy atom. The molecule has 2 aliphatic carbocycles. The van der Waals surface area contributed by atoms with Crippen molar-refractivity contribution in [1.29, 1.82) is 0 Å². The van der Waals surface area contributed by atoms with Crippen LogP contribution in [0.5, 0.6) is 0 Å². The van der Waals surface area contributed by atoms with Gasteiger partial charge in [0.05, 0.1) is 54.8 Å². The smallest absolute Gasteiger partial charge is 0.332 e. The summed E-state index contributed by atoms with van der Waals surface area (Å²) in [6.07, 6.45) is 3.36. The van der Waals surface area contributed by atoms with Gasteiger partial charge in [0.2, 0.25) is 23.6 Å². The average Bonchev–Trinajstić information content (AvgIpc) is 4.17. The molecule has 0 bridgehead atoms. The number of carbonyl (C=O) groups is 9. The number of nitrogens with two attached hydrogens (primary N) is 6. The number of thiophene rings is 1. The average molecular weight is 1150 g/mol. The van der Waals surface area contributed by atoms with E-state index in [1.54, 1.807) is 23.6 Å². The van der Waals surface area contributed by atoms with Crippen molar-refractivity contribution < 1.29 is 58.5 Å². The molecule has 12 atom stereocenters. The number of carboxylic acids is 1. The largest absolute Gasteiger partial charge is 0.480 e. The molecule has 5 aliphatic rings. The number of nitrogens with zero attached hydrogens (tertiary/aromatic N) is 4. The highest BCUT2D eigenvalue weighted by molar-refractivity contribution is 7.09. The van der Waals surface area contributed by atoms with Gasteiger partial charge in [0, 0.05) is 55.6 Å². The highest BCUT2D eigenvalue weighted by Gasteiger charge is 2.77. The first-order valence-electron chi connectivity index (χ1n) is 27.7. The van der Waals surface area contributed by atoms with Crippen LogP contribution in [0.1, 0.15) is 104 Å². The van der Waals surface area contributed by atoms with Gasteiger partial charge >= 0.3 is 5.97 Å². The van der Waals surface area contributed by atoms with Crippen LogP contribution < -0.4 is 61.0 Å². The molecule has 3 aliphatic heterocycles. The van der Waals surface area contributed by atoms with Crippen LogP contribution in [0.3, 0.4) is 0 Å². The number of amides is 4.